The van der Waals surface area contributed by atoms with Crippen LogP contribution in [0.1, 0.15) is 36.2 Å². The van der Waals surface area contributed by atoms with Crippen LogP contribution in [0.2, 0.25) is 0 Å². The molecule has 1 unspecified atom stereocenters. The zero-order valence-corrected chi connectivity index (χ0v) is 16.6. The summed E-state index contributed by atoms with van der Waals surface area (Å²) in [6, 6.07) is 7.91. The number of para-hydroxylation sites is 2. The summed E-state index contributed by atoms with van der Waals surface area (Å²) in [6.07, 6.45) is 3.81. The molecule has 1 aliphatic carbocycles. The summed E-state index contributed by atoms with van der Waals surface area (Å²) in [5.74, 6) is 0.555. The molecule has 1 saturated carbocycles. The van der Waals surface area contributed by atoms with Crippen LogP contribution in [-0.4, -0.2) is 47.9 Å². The van der Waals surface area contributed by atoms with Gasteiger partial charge in [0.25, 0.3) is 5.91 Å². The Morgan fingerprint density at radius 3 is 2.86 bits per heavy atom. The van der Waals surface area contributed by atoms with E-state index >= 15 is 0 Å². The normalized spacial score (nSPS) is 19.2. The maximum Gasteiger partial charge on any atom is 0.273 e. The van der Waals surface area contributed by atoms with E-state index in [0.717, 1.165) is 31.4 Å². The van der Waals surface area contributed by atoms with Gasteiger partial charge >= 0.3 is 0 Å². The second-order valence-corrected chi connectivity index (χ2v) is 8.09. The van der Waals surface area contributed by atoms with Crippen LogP contribution in [-0.2, 0) is 4.79 Å². The van der Waals surface area contributed by atoms with E-state index < -0.39 is 0 Å². The van der Waals surface area contributed by atoms with E-state index in [1.54, 1.807) is 17.4 Å². The lowest BCUT2D eigenvalue weighted by Crippen LogP contribution is -2.46. The van der Waals surface area contributed by atoms with Crippen LogP contribution in [0, 0.1) is 5.92 Å². The van der Waals surface area contributed by atoms with Crippen molar-refractivity contribution < 1.29 is 14.3 Å². The van der Waals surface area contributed by atoms with Crippen molar-refractivity contribution in [3.05, 3.63) is 35.3 Å². The molecule has 7 nitrogen and oxygen atoms in total. The molecule has 1 aromatic heterocycles. The molecule has 0 bridgehead atoms. The van der Waals surface area contributed by atoms with E-state index in [1.165, 1.54) is 11.3 Å². The molecule has 4 rings (SSSR count). The maximum atomic E-state index is 12.9. The fraction of sp³-hybridized carbons (Fsp3) is 0.450. The van der Waals surface area contributed by atoms with Crippen molar-refractivity contribution in [2.24, 2.45) is 5.92 Å². The van der Waals surface area contributed by atoms with Crippen molar-refractivity contribution in [2.45, 2.75) is 31.7 Å². The lowest BCUT2D eigenvalue weighted by atomic mass is 9.97. The van der Waals surface area contributed by atoms with Gasteiger partial charge in [0.15, 0.2) is 5.13 Å². The Bertz CT molecular complexity index is 865. The van der Waals surface area contributed by atoms with Gasteiger partial charge in [-0.2, -0.15) is 0 Å². The molecule has 1 aliphatic heterocycles. The standard InChI is InChI=1S/C20H24N4O3S/c1-27-17-7-3-2-6-15(17)22-20-23-16(12-28-20)19(26)24-10-4-5-13(11-24)18(25)21-14-8-9-14/h2-3,6-7,12-14H,4-5,8-11H2,1H3,(H,21,25)(H,22,23). The molecule has 0 radical (unpaired) electrons. The van der Waals surface area contributed by atoms with Gasteiger partial charge in [-0.3, -0.25) is 9.59 Å². The number of carbonyl (C=O) groups excluding carboxylic acids is 2. The third kappa shape index (κ3) is 4.27. The number of rotatable bonds is 6. The molecule has 28 heavy (non-hydrogen) atoms. The number of ether oxygens (including phenoxy) is 1. The predicted molar refractivity (Wildman–Crippen MR) is 108 cm³/mol. The third-order valence-electron chi connectivity index (χ3n) is 5.08. The summed E-state index contributed by atoms with van der Waals surface area (Å²) in [5.41, 5.74) is 1.21. The summed E-state index contributed by atoms with van der Waals surface area (Å²) in [4.78, 5) is 31.4. The molecule has 1 aromatic carbocycles. The van der Waals surface area contributed by atoms with Crippen molar-refractivity contribution in [1.82, 2.24) is 15.2 Å². The van der Waals surface area contributed by atoms with Crippen LogP contribution < -0.4 is 15.4 Å². The second kappa shape index (κ2) is 8.18. The van der Waals surface area contributed by atoms with Gasteiger partial charge < -0.3 is 20.3 Å². The fourth-order valence-electron chi connectivity index (χ4n) is 3.38. The Labute approximate surface area is 168 Å². The number of hydrogen-bond donors (Lipinski definition) is 2. The SMILES string of the molecule is COc1ccccc1Nc1nc(C(=O)N2CCCC(C(=O)NC3CC3)C2)cs1. The van der Waals surface area contributed by atoms with Crippen molar-refractivity contribution in [3.8, 4) is 5.75 Å². The van der Waals surface area contributed by atoms with Gasteiger partial charge in [-0.25, -0.2) is 4.98 Å². The number of aromatic nitrogens is 1. The second-order valence-electron chi connectivity index (χ2n) is 7.24. The van der Waals surface area contributed by atoms with Crippen LogP contribution in [0.3, 0.4) is 0 Å². The first kappa shape index (κ1) is 18.7. The molecule has 8 heteroatoms. The minimum Gasteiger partial charge on any atom is -0.495 e. The predicted octanol–water partition coefficient (Wildman–Crippen LogP) is 3.03. The topological polar surface area (TPSA) is 83.6 Å². The number of likely N-dealkylation sites (tertiary alicyclic amines) is 1. The van der Waals surface area contributed by atoms with Gasteiger partial charge in [0, 0.05) is 24.5 Å². The first-order chi connectivity index (χ1) is 13.6. The van der Waals surface area contributed by atoms with E-state index in [4.69, 9.17) is 4.74 Å². The maximum absolute atomic E-state index is 12.9. The molecule has 2 amide bonds. The molecular formula is C20H24N4O3S. The summed E-state index contributed by atoms with van der Waals surface area (Å²) >= 11 is 1.38. The highest BCUT2D eigenvalue weighted by molar-refractivity contribution is 7.14. The summed E-state index contributed by atoms with van der Waals surface area (Å²) in [7, 11) is 1.61. The van der Waals surface area contributed by atoms with Gasteiger partial charge in [-0.1, -0.05) is 12.1 Å². The largest absolute Gasteiger partial charge is 0.495 e. The molecule has 2 heterocycles. The third-order valence-corrected chi connectivity index (χ3v) is 5.83. The number of thiazole rings is 1. The average Bonchev–Trinajstić information content (AvgIpc) is 3.42. The van der Waals surface area contributed by atoms with Crippen molar-refractivity contribution in [3.63, 3.8) is 0 Å². The highest BCUT2D eigenvalue weighted by Crippen LogP contribution is 2.29. The van der Waals surface area contributed by atoms with Gasteiger partial charge in [0.05, 0.1) is 18.7 Å². The van der Waals surface area contributed by atoms with Crippen LogP contribution >= 0.6 is 11.3 Å². The number of benzene rings is 1. The van der Waals surface area contributed by atoms with Gasteiger partial charge in [-0.05, 0) is 37.8 Å². The van der Waals surface area contributed by atoms with E-state index in [2.05, 4.69) is 15.6 Å². The smallest absolute Gasteiger partial charge is 0.273 e. The first-order valence-electron chi connectivity index (χ1n) is 9.59. The number of amides is 2. The van der Waals surface area contributed by atoms with Gasteiger partial charge in [-0.15, -0.1) is 11.3 Å². The monoisotopic (exact) mass is 400 g/mol. The summed E-state index contributed by atoms with van der Waals surface area (Å²) in [6.45, 7) is 1.13. The van der Waals surface area contributed by atoms with Crippen LogP contribution in [0.15, 0.2) is 29.6 Å². The molecule has 2 aliphatic rings. The van der Waals surface area contributed by atoms with E-state index in [0.29, 0.717) is 35.7 Å². The molecule has 0 spiro atoms. The zero-order chi connectivity index (χ0) is 19.5. The lowest BCUT2D eigenvalue weighted by molar-refractivity contribution is -0.126. The quantitative estimate of drug-likeness (QED) is 0.779. The highest BCUT2D eigenvalue weighted by Gasteiger charge is 2.32. The molecule has 2 aromatic rings. The number of piperidine rings is 1. The number of nitrogens with zero attached hydrogens (tertiary/aromatic N) is 2. The van der Waals surface area contributed by atoms with Gasteiger partial charge in [0.2, 0.25) is 5.91 Å². The first-order valence-corrected chi connectivity index (χ1v) is 10.5. The fourth-order valence-corrected chi connectivity index (χ4v) is 4.07. The molecule has 148 valence electrons. The van der Waals surface area contributed by atoms with Gasteiger partial charge in [0.1, 0.15) is 11.4 Å². The number of nitrogens with one attached hydrogen (secondary N) is 2. The number of hydrogen-bond acceptors (Lipinski definition) is 6. The molecule has 2 N–H and O–H groups in total. The Kier molecular flexibility index (Phi) is 5.47. The molecule has 1 saturated heterocycles. The highest BCUT2D eigenvalue weighted by atomic mass is 32.1. The number of anilines is 2. The number of carbonyl (C=O) groups is 2. The summed E-state index contributed by atoms with van der Waals surface area (Å²) in [5, 5.41) is 8.65. The molecule has 2 fully saturated rings. The minimum atomic E-state index is -0.122. The lowest BCUT2D eigenvalue weighted by Gasteiger charge is -2.31. The van der Waals surface area contributed by atoms with Crippen LogP contribution in [0.5, 0.6) is 5.75 Å². The van der Waals surface area contributed by atoms with Crippen molar-refractivity contribution in [1.29, 1.82) is 0 Å². The minimum absolute atomic E-state index is 0.0804. The van der Waals surface area contributed by atoms with Crippen molar-refractivity contribution >= 4 is 34.0 Å². The van der Waals surface area contributed by atoms with Crippen molar-refractivity contribution in [2.75, 3.05) is 25.5 Å². The Morgan fingerprint density at radius 2 is 2.07 bits per heavy atom. The zero-order valence-electron chi connectivity index (χ0n) is 15.8. The van der Waals surface area contributed by atoms with E-state index in [1.807, 2.05) is 24.3 Å². The average molecular weight is 401 g/mol. The molecular weight excluding hydrogens is 376 g/mol. The number of methoxy groups -OCH3 is 1. The van der Waals surface area contributed by atoms with Crippen LogP contribution in [0.4, 0.5) is 10.8 Å². The Morgan fingerprint density at radius 1 is 1.25 bits per heavy atom. The Balaban J connectivity index is 1.40. The van der Waals surface area contributed by atoms with Crippen LogP contribution in [0.25, 0.3) is 0 Å². The summed E-state index contributed by atoms with van der Waals surface area (Å²) < 4.78 is 5.33. The Hall–Kier alpha value is -2.61. The van der Waals surface area contributed by atoms with E-state index in [9.17, 15) is 9.59 Å². The van der Waals surface area contributed by atoms with E-state index in [-0.39, 0.29) is 17.7 Å². The molecule has 1 atom stereocenters.